The third-order valence-corrected chi connectivity index (χ3v) is 10.0. The number of ether oxygens (including phenoxy) is 6. The first-order chi connectivity index (χ1) is 24.5. The fourth-order valence-electron chi connectivity index (χ4n) is 5.25. The van der Waals surface area contributed by atoms with E-state index < -0.39 is 18.0 Å². The summed E-state index contributed by atoms with van der Waals surface area (Å²) < 4.78 is 35.7. The van der Waals surface area contributed by atoms with Crippen molar-refractivity contribution in [2.24, 2.45) is 4.99 Å². The largest absolute Gasteiger partial charge is 0.493 e. The maximum Gasteiger partial charge on any atom is 0.343 e. The summed E-state index contributed by atoms with van der Waals surface area (Å²) in [6.07, 6.45) is 1.72. The van der Waals surface area contributed by atoms with E-state index >= 15 is 0 Å². The zero-order valence-corrected chi connectivity index (χ0v) is 32.1. The van der Waals surface area contributed by atoms with Gasteiger partial charge in [0, 0.05) is 4.47 Å². The third kappa shape index (κ3) is 8.44. The van der Waals surface area contributed by atoms with Crippen molar-refractivity contribution < 1.29 is 38.0 Å². The van der Waals surface area contributed by atoms with E-state index in [1.165, 1.54) is 30.1 Å². The zero-order chi connectivity index (χ0) is 36.8. The van der Waals surface area contributed by atoms with Gasteiger partial charge in [-0.1, -0.05) is 62.6 Å². The minimum absolute atomic E-state index is 0.125. The Morgan fingerprint density at radius 2 is 1.71 bits per heavy atom. The van der Waals surface area contributed by atoms with Crippen LogP contribution in [0.4, 0.5) is 0 Å². The molecule has 15 heteroatoms. The summed E-state index contributed by atoms with van der Waals surface area (Å²) in [4.78, 5) is 44.5. The summed E-state index contributed by atoms with van der Waals surface area (Å²) in [7, 11) is 2.79. The second kappa shape index (κ2) is 16.8. The van der Waals surface area contributed by atoms with Crippen LogP contribution in [0.25, 0.3) is 6.08 Å². The van der Waals surface area contributed by atoms with Crippen LogP contribution in [-0.2, 0) is 25.7 Å². The Balaban J connectivity index is 1.58. The molecule has 1 aliphatic heterocycles. The molecule has 0 radical (unpaired) electrons. The van der Waals surface area contributed by atoms with Gasteiger partial charge in [-0.3, -0.25) is 9.36 Å². The van der Waals surface area contributed by atoms with Crippen LogP contribution >= 0.6 is 50.5 Å². The van der Waals surface area contributed by atoms with Crippen molar-refractivity contribution in [2.45, 2.75) is 33.4 Å². The Hall–Kier alpha value is -4.30. The highest BCUT2D eigenvalue weighted by Crippen LogP contribution is 2.37. The lowest BCUT2D eigenvalue weighted by molar-refractivity contribution is -0.143. The Kier molecular flexibility index (Phi) is 12.5. The van der Waals surface area contributed by atoms with Crippen LogP contribution in [0.15, 0.2) is 74.1 Å². The Morgan fingerprint density at radius 3 is 2.39 bits per heavy atom. The van der Waals surface area contributed by atoms with Crippen molar-refractivity contribution in [1.29, 1.82) is 0 Å². The highest BCUT2D eigenvalue weighted by atomic mass is 79.9. The average molecular weight is 821 g/mol. The van der Waals surface area contributed by atoms with Crippen molar-refractivity contribution in [3.8, 4) is 23.0 Å². The van der Waals surface area contributed by atoms with E-state index in [0.29, 0.717) is 63.7 Å². The number of methoxy groups -OCH3 is 2. The molecule has 3 aromatic carbocycles. The molecule has 1 aliphatic rings. The predicted molar refractivity (Wildman–Crippen MR) is 197 cm³/mol. The van der Waals surface area contributed by atoms with E-state index in [-0.39, 0.29) is 37.6 Å². The van der Waals surface area contributed by atoms with E-state index in [9.17, 15) is 14.4 Å². The molecule has 51 heavy (non-hydrogen) atoms. The lowest BCUT2D eigenvalue weighted by Gasteiger charge is -2.25. The first-order valence-corrected chi connectivity index (χ1v) is 18.0. The fraction of sp³-hybridized carbons (Fsp3) is 0.278. The number of allylic oxidation sites excluding steroid dienone is 1. The predicted octanol–water partition coefficient (Wildman–Crippen LogP) is 6.41. The van der Waals surface area contributed by atoms with Gasteiger partial charge in [0.1, 0.15) is 6.61 Å². The van der Waals surface area contributed by atoms with Crippen molar-refractivity contribution in [2.75, 3.05) is 34.0 Å². The van der Waals surface area contributed by atoms with Gasteiger partial charge in [-0.05, 0) is 79.9 Å². The van der Waals surface area contributed by atoms with Crippen LogP contribution < -0.4 is 33.8 Å². The molecule has 0 bridgehead atoms. The molecular weight excluding hydrogens is 787 g/mol. The van der Waals surface area contributed by atoms with E-state index in [1.54, 1.807) is 69.3 Å². The molecule has 5 rings (SSSR count). The Morgan fingerprint density at radius 1 is 0.941 bits per heavy atom. The Bertz CT molecular complexity index is 2200. The van der Waals surface area contributed by atoms with E-state index in [0.717, 1.165) is 5.56 Å². The summed E-state index contributed by atoms with van der Waals surface area (Å²) >= 11 is 17.0. The minimum Gasteiger partial charge on any atom is -0.493 e. The van der Waals surface area contributed by atoms with Gasteiger partial charge in [-0.25, -0.2) is 14.6 Å². The van der Waals surface area contributed by atoms with Gasteiger partial charge in [0.25, 0.3) is 5.56 Å². The summed E-state index contributed by atoms with van der Waals surface area (Å²) in [5.74, 6) is 0.343. The number of halogens is 3. The molecule has 268 valence electrons. The highest BCUT2D eigenvalue weighted by Gasteiger charge is 2.34. The summed E-state index contributed by atoms with van der Waals surface area (Å²) in [5, 5.41) is 0.870. The summed E-state index contributed by atoms with van der Waals surface area (Å²) in [6, 6.07) is 12.8. The van der Waals surface area contributed by atoms with Gasteiger partial charge in [0.05, 0.1) is 59.3 Å². The number of nitrogens with zero attached hydrogens (tertiary/aromatic N) is 2. The number of carbonyl (C=O) groups excluding carboxylic acids is 2. The maximum absolute atomic E-state index is 14.3. The monoisotopic (exact) mass is 818 g/mol. The third-order valence-electron chi connectivity index (χ3n) is 7.62. The van der Waals surface area contributed by atoms with Crippen molar-refractivity contribution >= 4 is 68.5 Å². The van der Waals surface area contributed by atoms with Gasteiger partial charge in [0.2, 0.25) is 0 Å². The van der Waals surface area contributed by atoms with Gasteiger partial charge >= 0.3 is 11.9 Å². The van der Waals surface area contributed by atoms with Crippen LogP contribution in [-0.4, -0.2) is 50.5 Å². The SMILES string of the molecule is CCOC(=O)C1=C(C)N=c2s/c(=C\c3cc(OC)c(OCc4ccc(Cl)c(Cl)c4)cc3Br)c(=O)n2[C@@H]1c1ccc(OCC(=O)OC)c(OCC)c1. The molecule has 1 aromatic heterocycles. The van der Waals surface area contributed by atoms with Crippen LogP contribution in [0.2, 0.25) is 10.0 Å². The number of rotatable bonds is 13. The second-order valence-electron chi connectivity index (χ2n) is 10.9. The van der Waals surface area contributed by atoms with E-state index in [1.807, 2.05) is 6.07 Å². The van der Waals surface area contributed by atoms with Gasteiger partial charge in [-0.2, -0.15) is 0 Å². The molecule has 0 saturated heterocycles. The summed E-state index contributed by atoms with van der Waals surface area (Å²) in [6.45, 7) is 5.50. The number of fused-ring (bicyclic) bond motifs is 1. The molecule has 0 unspecified atom stereocenters. The van der Waals surface area contributed by atoms with Crippen molar-refractivity contribution in [3.63, 3.8) is 0 Å². The minimum atomic E-state index is -0.911. The first kappa shape index (κ1) is 37.9. The first-order valence-electron chi connectivity index (χ1n) is 15.6. The molecule has 0 aliphatic carbocycles. The van der Waals surface area contributed by atoms with Crippen LogP contribution in [0.5, 0.6) is 23.0 Å². The fourth-order valence-corrected chi connectivity index (χ4v) is 7.05. The molecule has 11 nitrogen and oxygen atoms in total. The number of thiazole rings is 1. The molecule has 0 N–H and O–H groups in total. The molecule has 0 fully saturated rings. The lowest BCUT2D eigenvalue weighted by Crippen LogP contribution is -2.40. The molecule has 0 spiro atoms. The van der Waals surface area contributed by atoms with E-state index in [2.05, 4.69) is 25.7 Å². The van der Waals surface area contributed by atoms with E-state index in [4.69, 9.17) is 46.9 Å². The number of hydrogen-bond acceptors (Lipinski definition) is 11. The standard InChI is InChI=1S/C36H33BrCl2N2O9S/c1-6-47-28-13-21(9-11-26(28)50-18-31(42)46-5)33-32(35(44)48-7-2)19(3)40-36-41(33)34(43)30(51-36)15-22-14-27(45-4)29(16-23(22)37)49-17-20-8-10-24(38)25(39)12-20/h8-16,33H,6-7,17-18H2,1-5H3/b30-15-/t33-/m1/s1. The van der Waals surface area contributed by atoms with Crippen LogP contribution in [0.1, 0.15) is 43.5 Å². The quantitative estimate of drug-likeness (QED) is 0.141. The molecule has 1 atom stereocenters. The lowest BCUT2D eigenvalue weighted by atomic mass is 9.95. The van der Waals surface area contributed by atoms with Crippen molar-refractivity contribution in [1.82, 2.24) is 4.57 Å². The summed E-state index contributed by atoms with van der Waals surface area (Å²) in [5.41, 5.74) is 2.22. The number of hydrogen-bond donors (Lipinski definition) is 0. The smallest absolute Gasteiger partial charge is 0.343 e. The van der Waals surface area contributed by atoms with Gasteiger partial charge < -0.3 is 28.4 Å². The van der Waals surface area contributed by atoms with Gasteiger partial charge in [-0.15, -0.1) is 0 Å². The molecule has 2 heterocycles. The highest BCUT2D eigenvalue weighted by molar-refractivity contribution is 9.10. The number of esters is 2. The number of benzene rings is 3. The normalized spacial score (nSPS) is 14.0. The maximum atomic E-state index is 14.3. The van der Waals surface area contributed by atoms with Crippen molar-refractivity contribution in [3.05, 3.63) is 111 Å². The molecular formula is C36H33BrCl2N2O9S. The number of aromatic nitrogens is 1. The molecule has 4 aromatic rings. The van der Waals surface area contributed by atoms with Crippen LogP contribution in [0.3, 0.4) is 0 Å². The van der Waals surface area contributed by atoms with Gasteiger partial charge in [0.15, 0.2) is 34.4 Å². The average Bonchev–Trinajstić information content (AvgIpc) is 3.41. The topological polar surface area (TPSA) is 124 Å². The van der Waals surface area contributed by atoms with Crippen LogP contribution in [0, 0.1) is 0 Å². The Labute approximate surface area is 315 Å². The molecule has 0 saturated carbocycles. The zero-order valence-electron chi connectivity index (χ0n) is 28.2. The molecule has 0 amide bonds. The second-order valence-corrected chi connectivity index (χ2v) is 13.5. The number of carbonyl (C=O) groups is 2.